The average molecular weight is 329 g/mol. The smallest absolute Gasteiger partial charge is 0.401 e. The van der Waals surface area contributed by atoms with E-state index in [1.807, 2.05) is 25.1 Å². The van der Waals surface area contributed by atoms with Crippen molar-refractivity contribution in [1.82, 2.24) is 15.1 Å². The van der Waals surface area contributed by atoms with E-state index in [-0.39, 0.29) is 37.9 Å². The summed E-state index contributed by atoms with van der Waals surface area (Å²) in [6.07, 6.45) is -4.08. The van der Waals surface area contributed by atoms with Gasteiger partial charge < -0.3 is 9.52 Å². The van der Waals surface area contributed by atoms with Gasteiger partial charge >= 0.3 is 6.18 Å². The fraction of sp³-hybridized carbons (Fsp3) is 0.467. The van der Waals surface area contributed by atoms with Crippen LogP contribution >= 0.6 is 0 Å². The lowest BCUT2D eigenvalue weighted by Crippen LogP contribution is -2.35. The molecule has 2 rings (SSSR count). The summed E-state index contributed by atoms with van der Waals surface area (Å²) < 4.78 is 43.2. The van der Waals surface area contributed by atoms with Crippen LogP contribution in [-0.4, -0.2) is 46.1 Å². The van der Waals surface area contributed by atoms with E-state index in [9.17, 15) is 13.2 Å². The Labute approximate surface area is 131 Å². The monoisotopic (exact) mass is 329 g/mol. The molecule has 0 aliphatic rings. The van der Waals surface area contributed by atoms with E-state index in [2.05, 4.69) is 10.2 Å². The molecule has 1 N–H and O–H groups in total. The van der Waals surface area contributed by atoms with Crippen molar-refractivity contribution in [3.05, 3.63) is 35.7 Å². The maximum Gasteiger partial charge on any atom is 0.401 e. The zero-order chi connectivity index (χ0) is 16.9. The minimum absolute atomic E-state index is 0.0954. The van der Waals surface area contributed by atoms with Crippen LogP contribution in [0.2, 0.25) is 0 Å². The van der Waals surface area contributed by atoms with Gasteiger partial charge in [-0.3, -0.25) is 4.90 Å². The predicted molar refractivity (Wildman–Crippen MR) is 77.5 cm³/mol. The van der Waals surface area contributed by atoms with Crippen LogP contribution in [0.5, 0.6) is 0 Å². The van der Waals surface area contributed by atoms with Gasteiger partial charge in [-0.15, -0.1) is 10.2 Å². The van der Waals surface area contributed by atoms with Crippen LogP contribution in [0.4, 0.5) is 13.2 Å². The van der Waals surface area contributed by atoms with Crippen molar-refractivity contribution in [3.63, 3.8) is 0 Å². The van der Waals surface area contributed by atoms with E-state index < -0.39 is 12.7 Å². The first-order chi connectivity index (χ1) is 10.9. The number of aromatic nitrogens is 2. The van der Waals surface area contributed by atoms with Crippen LogP contribution in [-0.2, 0) is 6.54 Å². The largest absolute Gasteiger partial charge is 0.419 e. The molecule has 1 aromatic carbocycles. The van der Waals surface area contributed by atoms with Gasteiger partial charge in [-0.05, 0) is 25.5 Å². The molecule has 0 radical (unpaired) electrons. The van der Waals surface area contributed by atoms with E-state index in [4.69, 9.17) is 9.52 Å². The summed E-state index contributed by atoms with van der Waals surface area (Å²) in [4.78, 5) is 1.13. The molecule has 0 bridgehead atoms. The predicted octanol–water partition coefficient (Wildman–Crippen LogP) is 2.79. The van der Waals surface area contributed by atoms with Crippen molar-refractivity contribution >= 4 is 0 Å². The fourth-order valence-electron chi connectivity index (χ4n) is 2.17. The Morgan fingerprint density at radius 2 is 2.04 bits per heavy atom. The Kier molecular flexibility index (Phi) is 5.73. The molecule has 0 spiro atoms. The third kappa shape index (κ3) is 5.65. The zero-order valence-electron chi connectivity index (χ0n) is 12.7. The van der Waals surface area contributed by atoms with Crippen molar-refractivity contribution in [1.29, 1.82) is 0 Å². The van der Waals surface area contributed by atoms with Gasteiger partial charge in [0.1, 0.15) is 0 Å². The second-order valence-corrected chi connectivity index (χ2v) is 5.27. The first-order valence-corrected chi connectivity index (χ1v) is 7.17. The Bertz CT molecular complexity index is 628. The van der Waals surface area contributed by atoms with Crippen LogP contribution in [0.15, 0.2) is 28.7 Å². The number of nitrogens with zero attached hydrogens (tertiary/aromatic N) is 3. The van der Waals surface area contributed by atoms with E-state index in [1.165, 1.54) is 0 Å². The van der Waals surface area contributed by atoms with E-state index >= 15 is 0 Å². The van der Waals surface area contributed by atoms with Crippen LogP contribution in [0.3, 0.4) is 0 Å². The molecular weight excluding hydrogens is 311 g/mol. The number of hydrogen-bond donors (Lipinski definition) is 1. The van der Waals surface area contributed by atoms with Crippen molar-refractivity contribution in [2.24, 2.45) is 0 Å². The van der Waals surface area contributed by atoms with Gasteiger partial charge in [0.25, 0.3) is 0 Å². The average Bonchev–Trinajstić information content (AvgIpc) is 2.92. The van der Waals surface area contributed by atoms with Gasteiger partial charge in [0, 0.05) is 18.7 Å². The zero-order valence-corrected chi connectivity index (χ0v) is 12.7. The molecule has 0 saturated carbocycles. The number of aryl methyl sites for hydroxylation is 1. The van der Waals surface area contributed by atoms with E-state index in [1.54, 1.807) is 6.07 Å². The number of aliphatic hydroxyl groups is 1. The van der Waals surface area contributed by atoms with Crippen molar-refractivity contribution in [2.75, 3.05) is 19.7 Å². The molecule has 1 heterocycles. The summed E-state index contributed by atoms with van der Waals surface area (Å²) in [5.74, 6) is 0.390. The number of alkyl halides is 3. The second-order valence-electron chi connectivity index (χ2n) is 5.27. The normalized spacial score (nSPS) is 12.1. The van der Waals surface area contributed by atoms with Gasteiger partial charge in [0.05, 0.1) is 13.1 Å². The lowest BCUT2D eigenvalue weighted by Gasteiger charge is -2.21. The quantitative estimate of drug-likeness (QED) is 0.846. The van der Waals surface area contributed by atoms with E-state index in [0.29, 0.717) is 0 Å². The van der Waals surface area contributed by atoms with Crippen molar-refractivity contribution < 1.29 is 22.7 Å². The molecule has 2 aromatic rings. The van der Waals surface area contributed by atoms with Gasteiger partial charge in [-0.25, -0.2) is 0 Å². The first-order valence-electron chi connectivity index (χ1n) is 7.17. The van der Waals surface area contributed by atoms with E-state index in [0.717, 1.165) is 16.0 Å². The Morgan fingerprint density at radius 1 is 1.26 bits per heavy atom. The molecular formula is C15H18F3N3O2. The van der Waals surface area contributed by atoms with Gasteiger partial charge in [-0.2, -0.15) is 13.2 Å². The first kappa shape index (κ1) is 17.4. The molecule has 23 heavy (non-hydrogen) atoms. The minimum Gasteiger partial charge on any atom is -0.419 e. The lowest BCUT2D eigenvalue weighted by atomic mass is 10.1. The summed E-state index contributed by atoms with van der Waals surface area (Å²) in [7, 11) is 0. The summed E-state index contributed by atoms with van der Waals surface area (Å²) in [6, 6.07) is 7.41. The number of halogens is 3. The third-order valence-corrected chi connectivity index (χ3v) is 3.13. The fourth-order valence-corrected chi connectivity index (χ4v) is 2.17. The number of benzene rings is 1. The topological polar surface area (TPSA) is 62.4 Å². The molecule has 126 valence electrons. The number of hydrogen-bond acceptors (Lipinski definition) is 5. The van der Waals surface area contributed by atoms with Crippen LogP contribution < -0.4 is 0 Å². The van der Waals surface area contributed by atoms with Crippen LogP contribution in [0.25, 0.3) is 11.5 Å². The molecule has 0 unspecified atom stereocenters. The standard InChI is InChI=1S/C15H18F3N3O2/c1-11-4-2-5-12(8-11)14-20-19-13(23-14)9-21(6-3-7-22)10-15(16,17)18/h2,4-5,8,22H,3,6-7,9-10H2,1H3. The number of aliphatic hydroxyl groups excluding tert-OH is 1. The van der Waals surface area contributed by atoms with Gasteiger partial charge in [-0.1, -0.05) is 17.7 Å². The highest BCUT2D eigenvalue weighted by Crippen LogP contribution is 2.21. The molecule has 8 heteroatoms. The molecule has 1 aromatic heterocycles. The Hall–Kier alpha value is -1.93. The maximum absolute atomic E-state index is 12.6. The van der Waals surface area contributed by atoms with Gasteiger partial charge in [0.15, 0.2) is 0 Å². The lowest BCUT2D eigenvalue weighted by molar-refractivity contribution is -0.148. The summed E-state index contributed by atoms with van der Waals surface area (Å²) in [5.41, 5.74) is 1.74. The molecule has 0 amide bonds. The molecule has 0 aliphatic heterocycles. The highest BCUT2D eigenvalue weighted by molar-refractivity contribution is 5.53. The summed E-state index contributed by atoms with van der Waals surface area (Å²) in [6.45, 7) is 0.638. The molecule has 0 atom stereocenters. The highest BCUT2D eigenvalue weighted by atomic mass is 19.4. The molecule has 0 aliphatic carbocycles. The SMILES string of the molecule is Cc1cccc(-c2nnc(CN(CCCO)CC(F)(F)F)o2)c1. The van der Waals surface area contributed by atoms with Crippen LogP contribution in [0, 0.1) is 6.92 Å². The minimum atomic E-state index is -4.32. The summed E-state index contributed by atoms with van der Waals surface area (Å²) in [5, 5.41) is 16.5. The second kappa shape index (κ2) is 7.56. The Balaban J connectivity index is 2.08. The van der Waals surface area contributed by atoms with Crippen LogP contribution in [0.1, 0.15) is 17.9 Å². The van der Waals surface area contributed by atoms with Crippen molar-refractivity contribution in [3.8, 4) is 11.5 Å². The highest BCUT2D eigenvalue weighted by Gasteiger charge is 2.31. The Morgan fingerprint density at radius 3 is 2.70 bits per heavy atom. The number of rotatable bonds is 7. The van der Waals surface area contributed by atoms with Crippen molar-refractivity contribution in [2.45, 2.75) is 26.1 Å². The van der Waals surface area contributed by atoms with Gasteiger partial charge in [0.2, 0.25) is 11.8 Å². The maximum atomic E-state index is 12.6. The molecule has 0 fully saturated rings. The molecule has 5 nitrogen and oxygen atoms in total. The molecule has 0 saturated heterocycles. The third-order valence-electron chi connectivity index (χ3n) is 3.13. The summed E-state index contributed by atoms with van der Waals surface area (Å²) >= 11 is 0.